The largest absolute Gasteiger partial charge is 0.353 e. The predicted molar refractivity (Wildman–Crippen MR) is 93.8 cm³/mol. The molecule has 0 spiro atoms. The first kappa shape index (κ1) is 17.0. The fourth-order valence-electron chi connectivity index (χ4n) is 2.54. The van der Waals surface area contributed by atoms with E-state index in [-0.39, 0.29) is 17.4 Å². The lowest BCUT2D eigenvalue weighted by Crippen LogP contribution is -2.23. The summed E-state index contributed by atoms with van der Waals surface area (Å²) in [7, 11) is 1.82. The number of nitriles is 1. The minimum atomic E-state index is -0.609. The number of pyridine rings is 1. The topological polar surface area (TPSA) is 114 Å². The molecule has 26 heavy (non-hydrogen) atoms. The summed E-state index contributed by atoms with van der Waals surface area (Å²) in [6.45, 7) is 1.99. The van der Waals surface area contributed by atoms with Gasteiger partial charge in [-0.1, -0.05) is 12.1 Å². The van der Waals surface area contributed by atoms with Crippen molar-refractivity contribution in [2.75, 3.05) is 11.9 Å². The maximum atomic E-state index is 10.9. The predicted octanol–water partition coefficient (Wildman–Crippen LogP) is 2.64. The number of benzene rings is 1. The van der Waals surface area contributed by atoms with Crippen molar-refractivity contribution in [3.8, 4) is 11.8 Å². The minimum absolute atomic E-state index is 0.0553. The molecule has 3 rings (SSSR count). The van der Waals surface area contributed by atoms with Crippen molar-refractivity contribution in [1.29, 1.82) is 5.26 Å². The highest BCUT2D eigenvalue weighted by atomic mass is 16.6. The summed E-state index contributed by atoms with van der Waals surface area (Å²) in [5.74, 6) is 0.486. The van der Waals surface area contributed by atoms with Gasteiger partial charge in [-0.3, -0.25) is 10.1 Å². The van der Waals surface area contributed by atoms with Crippen LogP contribution in [0.25, 0.3) is 5.69 Å². The van der Waals surface area contributed by atoms with E-state index in [0.29, 0.717) is 5.82 Å². The quantitative estimate of drug-likeness (QED) is 0.514. The molecule has 0 saturated heterocycles. The van der Waals surface area contributed by atoms with E-state index in [1.54, 1.807) is 23.1 Å². The molecule has 0 amide bonds. The zero-order valence-electron chi connectivity index (χ0n) is 14.1. The fourth-order valence-corrected chi connectivity index (χ4v) is 2.54. The average molecular weight is 349 g/mol. The van der Waals surface area contributed by atoms with Gasteiger partial charge in [0.15, 0.2) is 0 Å². The summed E-state index contributed by atoms with van der Waals surface area (Å²) in [5.41, 5.74) is 1.42. The van der Waals surface area contributed by atoms with Gasteiger partial charge in [-0.2, -0.15) is 10.4 Å². The summed E-state index contributed by atoms with van der Waals surface area (Å²) >= 11 is 0. The molecular formula is C17H15N7O2. The van der Waals surface area contributed by atoms with Gasteiger partial charge in [0.2, 0.25) is 5.69 Å². The molecule has 0 N–H and O–H groups in total. The van der Waals surface area contributed by atoms with Crippen LogP contribution in [-0.4, -0.2) is 31.7 Å². The molecule has 0 fully saturated rings. The Balaban J connectivity index is 1.84. The Labute approximate surface area is 149 Å². The van der Waals surface area contributed by atoms with Crippen LogP contribution in [0.4, 0.5) is 11.5 Å². The normalized spacial score (nSPS) is 11.6. The Morgan fingerprint density at radius 3 is 2.58 bits per heavy atom. The van der Waals surface area contributed by atoms with Gasteiger partial charge in [-0.25, -0.2) is 14.6 Å². The Bertz CT molecular complexity index is 962. The first-order valence-electron chi connectivity index (χ1n) is 7.74. The van der Waals surface area contributed by atoms with E-state index < -0.39 is 4.92 Å². The molecular weight excluding hydrogens is 334 g/mol. The number of hydrogen-bond donors (Lipinski definition) is 0. The minimum Gasteiger partial charge on any atom is -0.353 e. The summed E-state index contributed by atoms with van der Waals surface area (Å²) in [4.78, 5) is 20.2. The van der Waals surface area contributed by atoms with Crippen molar-refractivity contribution >= 4 is 11.5 Å². The molecule has 0 radical (unpaired) electrons. The first-order chi connectivity index (χ1) is 12.5. The van der Waals surface area contributed by atoms with E-state index in [1.165, 1.54) is 12.4 Å². The average Bonchev–Trinajstić information content (AvgIpc) is 3.21. The number of anilines is 1. The highest BCUT2D eigenvalue weighted by Gasteiger charge is 2.19. The van der Waals surface area contributed by atoms with Crippen molar-refractivity contribution in [2.24, 2.45) is 0 Å². The third-order valence-corrected chi connectivity index (χ3v) is 4.16. The van der Waals surface area contributed by atoms with E-state index >= 15 is 0 Å². The second kappa shape index (κ2) is 6.98. The third-order valence-electron chi connectivity index (χ3n) is 4.16. The molecule has 0 aliphatic heterocycles. The van der Waals surface area contributed by atoms with Crippen molar-refractivity contribution in [3.63, 3.8) is 0 Å². The highest BCUT2D eigenvalue weighted by molar-refractivity contribution is 5.52. The van der Waals surface area contributed by atoms with Crippen LogP contribution in [-0.2, 0) is 0 Å². The van der Waals surface area contributed by atoms with Crippen LogP contribution in [0.1, 0.15) is 24.2 Å². The summed E-state index contributed by atoms with van der Waals surface area (Å²) in [5, 5.41) is 24.1. The van der Waals surface area contributed by atoms with E-state index in [0.717, 1.165) is 11.3 Å². The SMILES string of the molecule is CC(c1ccc(-n2cncn2)cc1)N(C)c1ccc([N+](=O)[O-])c(C#N)n1. The monoisotopic (exact) mass is 349 g/mol. The molecule has 2 heterocycles. The fraction of sp³-hybridized carbons (Fsp3) is 0.176. The second-order valence-electron chi connectivity index (χ2n) is 5.62. The zero-order chi connectivity index (χ0) is 18.7. The lowest BCUT2D eigenvalue weighted by atomic mass is 10.1. The van der Waals surface area contributed by atoms with Crippen LogP contribution in [0.15, 0.2) is 49.1 Å². The second-order valence-corrected chi connectivity index (χ2v) is 5.62. The maximum Gasteiger partial charge on any atom is 0.305 e. The molecule has 0 aliphatic carbocycles. The van der Waals surface area contributed by atoms with Crippen LogP contribution in [0.5, 0.6) is 0 Å². The molecule has 3 aromatic rings. The molecule has 1 aromatic carbocycles. The van der Waals surface area contributed by atoms with Gasteiger partial charge < -0.3 is 4.90 Å². The van der Waals surface area contributed by atoms with Crippen LogP contribution in [0.3, 0.4) is 0 Å². The lowest BCUT2D eigenvalue weighted by molar-refractivity contribution is -0.385. The van der Waals surface area contributed by atoms with E-state index in [2.05, 4.69) is 15.1 Å². The molecule has 9 nitrogen and oxygen atoms in total. The van der Waals surface area contributed by atoms with Crippen LogP contribution in [0, 0.1) is 21.4 Å². The number of nitrogens with zero attached hydrogens (tertiary/aromatic N) is 7. The smallest absolute Gasteiger partial charge is 0.305 e. The lowest BCUT2D eigenvalue weighted by Gasteiger charge is -2.26. The van der Waals surface area contributed by atoms with E-state index in [4.69, 9.17) is 5.26 Å². The van der Waals surface area contributed by atoms with Crippen LogP contribution < -0.4 is 4.90 Å². The molecule has 1 atom stereocenters. The van der Waals surface area contributed by atoms with Gasteiger partial charge in [0.05, 0.1) is 16.7 Å². The van der Waals surface area contributed by atoms with Gasteiger partial charge in [0.1, 0.15) is 24.5 Å². The molecule has 0 saturated carbocycles. The van der Waals surface area contributed by atoms with Gasteiger partial charge in [0.25, 0.3) is 0 Å². The number of rotatable bonds is 5. The number of aromatic nitrogens is 4. The van der Waals surface area contributed by atoms with E-state index in [9.17, 15) is 10.1 Å². The van der Waals surface area contributed by atoms with Gasteiger partial charge >= 0.3 is 5.69 Å². The van der Waals surface area contributed by atoms with Crippen molar-refractivity contribution in [1.82, 2.24) is 19.7 Å². The van der Waals surface area contributed by atoms with Crippen LogP contribution in [0.2, 0.25) is 0 Å². The summed E-state index contributed by atoms with van der Waals surface area (Å²) in [6, 6.07) is 12.4. The van der Waals surface area contributed by atoms with Crippen LogP contribution >= 0.6 is 0 Å². The highest BCUT2D eigenvalue weighted by Crippen LogP contribution is 2.27. The number of nitro groups is 1. The van der Waals surface area contributed by atoms with Crippen molar-refractivity contribution < 1.29 is 4.92 Å². The summed E-state index contributed by atoms with van der Waals surface area (Å²) < 4.78 is 1.66. The zero-order valence-corrected chi connectivity index (χ0v) is 14.1. The molecule has 0 bridgehead atoms. The van der Waals surface area contributed by atoms with E-state index in [1.807, 2.05) is 43.1 Å². The standard InChI is InChI=1S/C17H15N7O2/c1-12(13-3-5-14(6-4-13)23-11-19-10-20-23)22(2)17-8-7-16(24(25)26)15(9-18)21-17/h3-8,10-12H,1-2H3. The molecule has 2 aromatic heterocycles. The Morgan fingerprint density at radius 2 is 2.00 bits per heavy atom. The third kappa shape index (κ3) is 3.21. The van der Waals surface area contributed by atoms with Gasteiger partial charge in [0, 0.05) is 13.1 Å². The van der Waals surface area contributed by atoms with Crippen molar-refractivity contribution in [3.05, 3.63) is 70.4 Å². The molecule has 9 heteroatoms. The maximum absolute atomic E-state index is 10.9. The molecule has 130 valence electrons. The first-order valence-corrected chi connectivity index (χ1v) is 7.74. The Kier molecular flexibility index (Phi) is 4.57. The molecule has 0 aliphatic rings. The molecule has 1 unspecified atom stereocenters. The summed E-state index contributed by atoms with van der Waals surface area (Å²) in [6.07, 6.45) is 3.09. The van der Waals surface area contributed by atoms with Gasteiger partial charge in [-0.15, -0.1) is 0 Å². The van der Waals surface area contributed by atoms with Crippen molar-refractivity contribution in [2.45, 2.75) is 13.0 Å². The Morgan fingerprint density at radius 1 is 1.27 bits per heavy atom. The number of hydrogen-bond acceptors (Lipinski definition) is 7. The Hall–Kier alpha value is -3.80. The van der Waals surface area contributed by atoms with Gasteiger partial charge in [-0.05, 0) is 30.7 Å².